The lowest BCUT2D eigenvalue weighted by Gasteiger charge is -2.34. The van der Waals surface area contributed by atoms with Crippen LogP contribution in [0, 0.1) is 11.8 Å². The van der Waals surface area contributed by atoms with Gasteiger partial charge in [0.25, 0.3) is 5.91 Å². The van der Waals surface area contributed by atoms with Crippen molar-refractivity contribution in [3.8, 4) is 0 Å². The Bertz CT molecular complexity index is 1030. The van der Waals surface area contributed by atoms with Crippen molar-refractivity contribution in [1.82, 2.24) is 9.62 Å². The Labute approximate surface area is 203 Å². The van der Waals surface area contributed by atoms with E-state index in [2.05, 4.69) is 19.2 Å². The molecule has 0 bridgehead atoms. The van der Waals surface area contributed by atoms with Crippen molar-refractivity contribution >= 4 is 15.9 Å². The SMILES string of the molecule is CCOCCOCc1cccc(CNC(=O)c2ccc(S(=O)(=O)N3CC(C)CC(C)C3)cc2)c1. The lowest BCUT2D eigenvalue weighted by atomic mass is 9.94. The Morgan fingerprint density at radius 3 is 2.32 bits per heavy atom. The number of carbonyl (C=O) groups excluding carboxylic acids is 1. The van der Waals surface area contributed by atoms with Crippen molar-refractivity contribution < 1.29 is 22.7 Å². The monoisotopic (exact) mass is 488 g/mol. The quantitative estimate of drug-likeness (QED) is 0.486. The Kier molecular flexibility index (Phi) is 9.64. The number of amides is 1. The minimum absolute atomic E-state index is 0.224. The molecule has 7 nitrogen and oxygen atoms in total. The van der Waals surface area contributed by atoms with Crippen LogP contribution in [-0.4, -0.2) is 51.5 Å². The molecule has 1 fully saturated rings. The van der Waals surface area contributed by atoms with Gasteiger partial charge in [0, 0.05) is 31.8 Å². The molecule has 186 valence electrons. The molecular formula is C26H36N2O5S. The van der Waals surface area contributed by atoms with Gasteiger partial charge in [0.1, 0.15) is 0 Å². The Morgan fingerprint density at radius 2 is 1.65 bits per heavy atom. The summed E-state index contributed by atoms with van der Waals surface area (Å²) in [5, 5.41) is 2.90. The molecule has 0 aromatic heterocycles. The number of hydrogen-bond acceptors (Lipinski definition) is 5. The third kappa shape index (κ3) is 7.37. The van der Waals surface area contributed by atoms with Crippen LogP contribution in [0.25, 0.3) is 0 Å². The molecule has 3 rings (SSSR count). The van der Waals surface area contributed by atoms with Crippen LogP contribution in [-0.2, 0) is 32.6 Å². The summed E-state index contributed by atoms with van der Waals surface area (Å²) in [6, 6.07) is 14.0. The normalized spacial score (nSPS) is 19.1. The molecule has 1 saturated heterocycles. The number of rotatable bonds is 11. The van der Waals surface area contributed by atoms with Crippen LogP contribution in [0.5, 0.6) is 0 Å². The summed E-state index contributed by atoms with van der Waals surface area (Å²) in [4.78, 5) is 12.8. The first-order valence-electron chi connectivity index (χ1n) is 11.9. The van der Waals surface area contributed by atoms with Crippen LogP contribution in [0.2, 0.25) is 0 Å². The Morgan fingerprint density at radius 1 is 1.00 bits per heavy atom. The third-order valence-corrected chi connectivity index (χ3v) is 7.72. The summed E-state index contributed by atoms with van der Waals surface area (Å²) in [5.74, 6) is 0.426. The van der Waals surface area contributed by atoms with Crippen molar-refractivity contribution in [1.29, 1.82) is 0 Å². The average molecular weight is 489 g/mol. The van der Waals surface area contributed by atoms with Crippen molar-refractivity contribution in [2.45, 2.75) is 45.2 Å². The van der Waals surface area contributed by atoms with Crippen molar-refractivity contribution in [3.05, 3.63) is 65.2 Å². The topological polar surface area (TPSA) is 84.9 Å². The van der Waals surface area contributed by atoms with Gasteiger partial charge in [-0.1, -0.05) is 38.1 Å². The van der Waals surface area contributed by atoms with Crippen LogP contribution < -0.4 is 5.32 Å². The zero-order valence-corrected chi connectivity index (χ0v) is 21.1. The number of nitrogens with zero attached hydrogens (tertiary/aromatic N) is 1. The number of sulfonamides is 1. The summed E-state index contributed by atoms with van der Waals surface area (Å²) in [6.45, 7) is 9.82. The van der Waals surface area contributed by atoms with Gasteiger partial charge in [-0.3, -0.25) is 4.79 Å². The summed E-state index contributed by atoms with van der Waals surface area (Å²) in [6.07, 6.45) is 1.04. The molecule has 0 spiro atoms. The first-order valence-corrected chi connectivity index (χ1v) is 13.3. The minimum Gasteiger partial charge on any atom is -0.379 e. The highest BCUT2D eigenvalue weighted by Gasteiger charge is 2.31. The summed E-state index contributed by atoms with van der Waals surface area (Å²) in [7, 11) is -3.56. The van der Waals surface area contributed by atoms with E-state index >= 15 is 0 Å². The van der Waals surface area contributed by atoms with Gasteiger partial charge in [-0.15, -0.1) is 0 Å². The Balaban J connectivity index is 1.54. The van der Waals surface area contributed by atoms with Gasteiger partial charge < -0.3 is 14.8 Å². The number of nitrogens with one attached hydrogen (secondary N) is 1. The van der Waals surface area contributed by atoms with Gasteiger partial charge >= 0.3 is 0 Å². The molecule has 1 N–H and O–H groups in total. The summed E-state index contributed by atoms with van der Waals surface area (Å²) < 4.78 is 38.5. The summed E-state index contributed by atoms with van der Waals surface area (Å²) in [5.41, 5.74) is 2.42. The van der Waals surface area contributed by atoms with E-state index in [1.54, 1.807) is 16.4 Å². The zero-order chi connectivity index (χ0) is 24.6. The molecule has 1 heterocycles. The largest absolute Gasteiger partial charge is 0.379 e. The maximum atomic E-state index is 13.0. The van der Waals surface area contributed by atoms with Crippen LogP contribution in [0.1, 0.15) is 48.7 Å². The number of hydrogen-bond donors (Lipinski definition) is 1. The maximum absolute atomic E-state index is 13.0. The highest BCUT2D eigenvalue weighted by Crippen LogP contribution is 2.26. The van der Waals surface area contributed by atoms with E-state index in [0.29, 0.717) is 63.5 Å². The van der Waals surface area contributed by atoms with E-state index < -0.39 is 10.0 Å². The van der Waals surface area contributed by atoms with Crippen LogP contribution in [0.4, 0.5) is 0 Å². The highest BCUT2D eigenvalue weighted by molar-refractivity contribution is 7.89. The number of benzene rings is 2. The Hall–Kier alpha value is -2.26. The highest BCUT2D eigenvalue weighted by atomic mass is 32.2. The van der Waals surface area contributed by atoms with E-state index in [9.17, 15) is 13.2 Å². The predicted molar refractivity (Wildman–Crippen MR) is 132 cm³/mol. The molecular weight excluding hydrogens is 452 g/mol. The van der Waals surface area contributed by atoms with E-state index in [1.165, 1.54) is 12.1 Å². The van der Waals surface area contributed by atoms with E-state index in [0.717, 1.165) is 17.5 Å². The molecule has 2 unspecified atom stereocenters. The molecule has 0 radical (unpaired) electrons. The maximum Gasteiger partial charge on any atom is 0.251 e. The van der Waals surface area contributed by atoms with Crippen molar-refractivity contribution in [2.75, 3.05) is 32.9 Å². The average Bonchev–Trinajstić information content (AvgIpc) is 2.82. The fourth-order valence-corrected chi connectivity index (χ4v) is 5.97. The second-order valence-electron chi connectivity index (χ2n) is 9.04. The molecule has 2 aromatic rings. The standard InChI is InChI=1S/C26H36N2O5S/c1-4-32-12-13-33-19-23-7-5-6-22(15-23)16-27-26(29)24-8-10-25(11-9-24)34(30,31)28-17-20(2)14-21(3)18-28/h5-11,15,20-21H,4,12-14,16-19H2,1-3H3,(H,27,29). The van der Waals surface area contributed by atoms with E-state index in [1.807, 2.05) is 31.2 Å². The van der Waals surface area contributed by atoms with Crippen molar-refractivity contribution in [3.63, 3.8) is 0 Å². The smallest absolute Gasteiger partial charge is 0.251 e. The van der Waals surface area contributed by atoms with Gasteiger partial charge in [0.15, 0.2) is 0 Å². The lowest BCUT2D eigenvalue weighted by Crippen LogP contribution is -2.42. The molecule has 1 aliphatic heterocycles. The zero-order valence-electron chi connectivity index (χ0n) is 20.3. The van der Waals surface area contributed by atoms with Gasteiger partial charge in [-0.2, -0.15) is 4.31 Å². The predicted octanol–water partition coefficient (Wildman–Crippen LogP) is 3.84. The van der Waals surface area contributed by atoms with E-state index in [4.69, 9.17) is 9.47 Å². The molecule has 1 aliphatic rings. The first-order chi connectivity index (χ1) is 16.3. The van der Waals surface area contributed by atoms with Crippen LogP contribution in [0.3, 0.4) is 0 Å². The number of carbonyl (C=O) groups is 1. The fourth-order valence-electron chi connectivity index (χ4n) is 4.30. The number of piperidine rings is 1. The summed E-state index contributed by atoms with van der Waals surface area (Å²) >= 11 is 0. The lowest BCUT2D eigenvalue weighted by molar-refractivity contribution is 0.0453. The molecule has 0 aliphatic carbocycles. The fraction of sp³-hybridized carbons (Fsp3) is 0.500. The second kappa shape index (κ2) is 12.4. The molecule has 34 heavy (non-hydrogen) atoms. The van der Waals surface area contributed by atoms with Gasteiger partial charge in [-0.25, -0.2) is 8.42 Å². The van der Waals surface area contributed by atoms with Crippen LogP contribution in [0.15, 0.2) is 53.4 Å². The first kappa shape index (κ1) is 26.3. The second-order valence-corrected chi connectivity index (χ2v) is 11.0. The third-order valence-electron chi connectivity index (χ3n) is 5.88. The van der Waals surface area contributed by atoms with Gasteiger partial charge in [0.2, 0.25) is 10.0 Å². The van der Waals surface area contributed by atoms with Crippen molar-refractivity contribution in [2.24, 2.45) is 11.8 Å². The van der Waals surface area contributed by atoms with Crippen LogP contribution >= 0.6 is 0 Å². The van der Waals surface area contributed by atoms with E-state index in [-0.39, 0.29) is 10.8 Å². The molecule has 2 atom stereocenters. The number of ether oxygens (including phenoxy) is 2. The van der Waals surface area contributed by atoms with Gasteiger partial charge in [-0.05, 0) is 60.6 Å². The minimum atomic E-state index is -3.56. The molecule has 8 heteroatoms. The molecule has 2 aromatic carbocycles. The van der Waals surface area contributed by atoms with Gasteiger partial charge in [0.05, 0.1) is 24.7 Å². The molecule has 1 amide bonds. The molecule has 0 saturated carbocycles.